The van der Waals surface area contributed by atoms with Crippen LogP contribution in [0.15, 0.2) is 0 Å². The average Bonchev–Trinajstić information content (AvgIpc) is 2.17. The van der Waals surface area contributed by atoms with Gasteiger partial charge in [0.25, 0.3) is 0 Å². The number of nitrogens with one attached hydrogen (secondary N) is 1. The van der Waals surface area contributed by atoms with Crippen LogP contribution in [0.3, 0.4) is 0 Å². The Balaban J connectivity index is 2.55. The molecule has 1 aliphatic rings. The maximum absolute atomic E-state index is 11.2. The molecule has 0 saturated heterocycles. The van der Waals surface area contributed by atoms with Crippen LogP contribution < -0.4 is 11.1 Å². The Hall–Kier alpha value is -1.10. The Morgan fingerprint density at radius 3 is 2.50 bits per heavy atom. The van der Waals surface area contributed by atoms with Gasteiger partial charge in [-0.3, -0.25) is 9.59 Å². The molecule has 0 aromatic heterocycles. The van der Waals surface area contributed by atoms with E-state index in [2.05, 4.69) is 5.32 Å². The highest BCUT2D eigenvalue weighted by atomic mass is 16.4. The van der Waals surface area contributed by atoms with Crippen molar-refractivity contribution in [3.05, 3.63) is 0 Å². The maximum atomic E-state index is 11.2. The quantitative estimate of drug-likeness (QED) is 0.652. The van der Waals surface area contributed by atoms with Gasteiger partial charge in [-0.1, -0.05) is 6.42 Å². The van der Waals surface area contributed by atoms with E-state index in [1.807, 2.05) is 0 Å². The van der Waals surface area contributed by atoms with Crippen LogP contribution >= 0.6 is 0 Å². The number of aliphatic carboxylic acids is 1. The van der Waals surface area contributed by atoms with Crippen LogP contribution in [-0.4, -0.2) is 28.6 Å². The minimum atomic E-state index is -0.773. The molecule has 5 heteroatoms. The van der Waals surface area contributed by atoms with Crippen LogP contribution in [0.25, 0.3) is 0 Å². The smallest absolute Gasteiger partial charge is 0.306 e. The van der Waals surface area contributed by atoms with Crippen LogP contribution in [-0.2, 0) is 9.59 Å². The summed E-state index contributed by atoms with van der Waals surface area (Å²) < 4.78 is 0. The van der Waals surface area contributed by atoms with E-state index >= 15 is 0 Å². The summed E-state index contributed by atoms with van der Waals surface area (Å²) in [4.78, 5) is 22.0. The molecular weight excluding hydrogens is 208 g/mol. The molecule has 0 bridgehead atoms. The van der Waals surface area contributed by atoms with E-state index in [9.17, 15) is 9.59 Å². The lowest BCUT2D eigenvalue weighted by Gasteiger charge is -2.33. The third-order valence-corrected chi connectivity index (χ3v) is 3.20. The third kappa shape index (κ3) is 3.20. The van der Waals surface area contributed by atoms with E-state index in [1.54, 1.807) is 13.8 Å². The largest absolute Gasteiger partial charge is 0.481 e. The van der Waals surface area contributed by atoms with Crippen LogP contribution in [0.4, 0.5) is 0 Å². The van der Waals surface area contributed by atoms with Gasteiger partial charge in [-0.05, 0) is 33.1 Å². The second-order valence-corrected chi connectivity index (χ2v) is 5.03. The lowest BCUT2D eigenvalue weighted by Crippen LogP contribution is -2.55. The van der Waals surface area contributed by atoms with E-state index in [0.717, 1.165) is 19.3 Å². The zero-order chi connectivity index (χ0) is 12.3. The number of carboxylic acid groups (broad SMARTS) is 1. The monoisotopic (exact) mass is 228 g/mol. The number of amides is 1. The molecule has 0 aromatic carbocycles. The van der Waals surface area contributed by atoms with Crippen molar-refractivity contribution in [3.8, 4) is 0 Å². The van der Waals surface area contributed by atoms with Crippen LogP contribution in [0.1, 0.15) is 39.5 Å². The van der Waals surface area contributed by atoms with Gasteiger partial charge >= 0.3 is 5.97 Å². The fraction of sp³-hybridized carbons (Fsp3) is 0.818. The fourth-order valence-electron chi connectivity index (χ4n) is 2.13. The molecule has 4 N–H and O–H groups in total. The maximum Gasteiger partial charge on any atom is 0.306 e. The summed E-state index contributed by atoms with van der Waals surface area (Å²) in [5, 5.41) is 12.1. The Morgan fingerprint density at radius 1 is 1.38 bits per heavy atom. The minimum absolute atomic E-state index is 0.0670. The summed E-state index contributed by atoms with van der Waals surface area (Å²) >= 11 is 0. The van der Waals surface area contributed by atoms with Crippen molar-refractivity contribution in [2.75, 3.05) is 0 Å². The number of primary amides is 1. The lowest BCUT2D eigenvalue weighted by atomic mass is 9.84. The number of rotatable bonds is 4. The number of carboxylic acids is 1. The van der Waals surface area contributed by atoms with Crippen molar-refractivity contribution in [2.45, 2.75) is 51.1 Å². The van der Waals surface area contributed by atoms with E-state index < -0.39 is 17.4 Å². The predicted molar refractivity (Wildman–Crippen MR) is 59.8 cm³/mol. The molecule has 1 rings (SSSR count). The van der Waals surface area contributed by atoms with Crippen LogP contribution in [0.5, 0.6) is 0 Å². The first-order chi connectivity index (χ1) is 7.33. The van der Waals surface area contributed by atoms with Gasteiger partial charge in [0.15, 0.2) is 0 Å². The Morgan fingerprint density at radius 2 is 2.00 bits per heavy atom. The van der Waals surface area contributed by atoms with Gasteiger partial charge in [0.2, 0.25) is 5.91 Å². The molecule has 0 aliphatic heterocycles. The molecule has 16 heavy (non-hydrogen) atoms. The minimum Gasteiger partial charge on any atom is -0.481 e. The highest BCUT2D eigenvalue weighted by Crippen LogP contribution is 2.25. The van der Waals surface area contributed by atoms with Crippen molar-refractivity contribution >= 4 is 11.9 Å². The normalized spacial score (nSPS) is 26.4. The van der Waals surface area contributed by atoms with Gasteiger partial charge in [-0.2, -0.15) is 0 Å². The number of carbonyl (C=O) groups excluding carboxylic acids is 1. The van der Waals surface area contributed by atoms with Gasteiger partial charge in [0, 0.05) is 6.04 Å². The molecule has 0 radical (unpaired) electrons. The molecule has 1 amide bonds. The van der Waals surface area contributed by atoms with Crippen molar-refractivity contribution in [2.24, 2.45) is 11.7 Å². The molecule has 0 heterocycles. The third-order valence-electron chi connectivity index (χ3n) is 3.20. The molecule has 1 fully saturated rings. The summed E-state index contributed by atoms with van der Waals surface area (Å²) in [7, 11) is 0. The molecule has 1 saturated carbocycles. The topological polar surface area (TPSA) is 92.4 Å². The van der Waals surface area contributed by atoms with Crippen molar-refractivity contribution in [3.63, 3.8) is 0 Å². The summed E-state index contributed by atoms with van der Waals surface area (Å²) in [5.74, 6) is -1.46. The molecule has 2 unspecified atom stereocenters. The highest BCUT2D eigenvalue weighted by Gasteiger charge is 2.32. The van der Waals surface area contributed by atoms with E-state index in [4.69, 9.17) is 10.8 Å². The summed E-state index contributed by atoms with van der Waals surface area (Å²) in [5.41, 5.74) is 4.49. The first-order valence-corrected chi connectivity index (χ1v) is 5.63. The first-order valence-electron chi connectivity index (χ1n) is 5.63. The van der Waals surface area contributed by atoms with Gasteiger partial charge in [0.05, 0.1) is 11.5 Å². The van der Waals surface area contributed by atoms with Gasteiger partial charge < -0.3 is 16.2 Å². The van der Waals surface area contributed by atoms with E-state index in [0.29, 0.717) is 6.42 Å². The zero-order valence-electron chi connectivity index (χ0n) is 9.82. The van der Waals surface area contributed by atoms with E-state index in [1.165, 1.54) is 0 Å². The molecular formula is C11H20N2O3. The van der Waals surface area contributed by atoms with Crippen LogP contribution in [0, 0.1) is 5.92 Å². The molecule has 1 aliphatic carbocycles. The van der Waals surface area contributed by atoms with E-state index in [-0.39, 0.29) is 12.0 Å². The fourth-order valence-corrected chi connectivity index (χ4v) is 2.13. The molecule has 0 spiro atoms. The molecule has 5 nitrogen and oxygen atoms in total. The standard InChI is InChI=1S/C11H20N2O3/c1-11(2,10(12)16)13-8-5-3-4-7(6-8)9(14)15/h7-8,13H,3-6H2,1-2H3,(H2,12,16)(H,14,15). The predicted octanol–water partition coefficient (Wildman–Crippen LogP) is 0.483. The number of carbonyl (C=O) groups is 2. The number of nitrogens with two attached hydrogens (primary N) is 1. The number of hydrogen-bond donors (Lipinski definition) is 3. The number of hydrogen-bond acceptors (Lipinski definition) is 3. The van der Waals surface area contributed by atoms with Gasteiger partial charge in [-0.15, -0.1) is 0 Å². The Kier molecular flexibility index (Phi) is 3.91. The zero-order valence-corrected chi connectivity index (χ0v) is 9.82. The molecule has 92 valence electrons. The van der Waals surface area contributed by atoms with Gasteiger partial charge in [-0.25, -0.2) is 0 Å². The molecule has 0 aromatic rings. The van der Waals surface area contributed by atoms with Gasteiger partial charge in [0.1, 0.15) is 0 Å². The molecule has 2 atom stereocenters. The van der Waals surface area contributed by atoms with Crippen molar-refractivity contribution in [1.29, 1.82) is 0 Å². The second kappa shape index (κ2) is 4.82. The Bertz CT molecular complexity index is 289. The summed E-state index contributed by atoms with van der Waals surface area (Å²) in [6.07, 6.45) is 3.08. The highest BCUT2D eigenvalue weighted by molar-refractivity contribution is 5.83. The Labute approximate surface area is 95.4 Å². The van der Waals surface area contributed by atoms with Crippen molar-refractivity contribution in [1.82, 2.24) is 5.32 Å². The van der Waals surface area contributed by atoms with Crippen molar-refractivity contribution < 1.29 is 14.7 Å². The SMILES string of the molecule is CC(C)(NC1CCCC(C(=O)O)C1)C(N)=O. The average molecular weight is 228 g/mol. The van der Waals surface area contributed by atoms with Crippen LogP contribution in [0.2, 0.25) is 0 Å². The lowest BCUT2D eigenvalue weighted by molar-refractivity contribution is -0.143. The summed E-state index contributed by atoms with van der Waals surface area (Å²) in [6.45, 7) is 3.44. The second-order valence-electron chi connectivity index (χ2n) is 5.03. The summed E-state index contributed by atoms with van der Waals surface area (Å²) in [6, 6.07) is 0.0670. The first kappa shape index (κ1) is 13.0.